The minimum Gasteiger partial charge on any atom is -0.507 e. The highest BCUT2D eigenvalue weighted by Crippen LogP contribution is 2.39. The number of benzene rings is 1. The van der Waals surface area contributed by atoms with E-state index in [4.69, 9.17) is 14.6 Å². The molecule has 0 unspecified atom stereocenters. The Morgan fingerprint density at radius 1 is 1.30 bits per heavy atom. The maximum absolute atomic E-state index is 13.0. The van der Waals surface area contributed by atoms with Gasteiger partial charge in [0.1, 0.15) is 17.0 Å². The number of nitrogens with one attached hydrogen (secondary N) is 1. The van der Waals surface area contributed by atoms with E-state index in [1.807, 2.05) is 20.8 Å². The molecule has 1 aromatic carbocycles. The molecule has 4 rings (SSSR count). The number of rotatable bonds is 6. The molecule has 178 valence electrons. The van der Waals surface area contributed by atoms with Crippen LogP contribution in [0.15, 0.2) is 24.3 Å². The molecule has 0 bridgehead atoms. The van der Waals surface area contributed by atoms with Gasteiger partial charge in [-0.1, -0.05) is 26.0 Å². The molecule has 8 nitrogen and oxygen atoms in total. The van der Waals surface area contributed by atoms with Gasteiger partial charge in [-0.2, -0.15) is 5.10 Å². The van der Waals surface area contributed by atoms with Crippen LogP contribution in [0, 0.1) is 10.8 Å². The number of para-hydroxylation sites is 1. The van der Waals surface area contributed by atoms with Gasteiger partial charge in [0.2, 0.25) is 0 Å². The second-order valence-electron chi connectivity index (χ2n) is 10.00. The van der Waals surface area contributed by atoms with Crippen LogP contribution in [0.25, 0.3) is 0 Å². The van der Waals surface area contributed by atoms with Crippen LogP contribution >= 0.6 is 0 Å². The molecule has 2 aliphatic rings. The van der Waals surface area contributed by atoms with Crippen molar-refractivity contribution in [2.45, 2.75) is 53.0 Å². The van der Waals surface area contributed by atoms with Gasteiger partial charge in [0.05, 0.1) is 12.3 Å². The Morgan fingerprint density at radius 3 is 2.73 bits per heavy atom. The van der Waals surface area contributed by atoms with Gasteiger partial charge in [-0.15, -0.1) is 0 Å². The van der Waals surface area contributed by atoms with Crippen molar-refractivity contribution in [1.29, 1.82) is 0 Å². The largest absolute Gasteiger partial charge is 0.507 e. The highest BCUT2D eigenvalue weighted by atomic mass is 16.5. The summed E-state index contributed by atoms with van der Waals surface area (Å²) in [5, 5.41) is 17.9. The number of carbonyl (C=O) groups excluding carboxylic acids is 2. The van der Waals surface area contributed by atoms with E-state index in [0.717, 1.165) is 30.5 Å². The lowest BCUT2D eigenvalue weighted by Crippen LogP contribution is -2.40. The molecule has 1 spiro atoms. The third-order valence-electron chi connectivity index (χ3n) is 6.74. The number of aromatic hydroxyl groups is 1. The maximum atomic E-state index is 13.0. The number of fused-ring (bicyclic) bond motifs is 1. The normalized spacial score (nSPS) is 17.8. The third-order valence-corrected chi connectivity index (χ3v) is 6.74. The van der Waals surface area contributed by atoms with Crippen molar-refractivity contribution in [1.82, 2.24) is 15.1 Å². The van der Waals surface area contributed by atoms with Gasteiger partial charge in [-0.05, 0) is 43.7 Å². The monoisotopic (exact) mass is 455 g/mol. The molecule has 3 heterocycles. The van der Waals surface area contributed by atoms with Gasteiger partial charge in [-0.25, -0.2) is 4.79 Å². The van der Waals surface area contributed by atoms with Crippen molar-refractivity contribution < 1.29 is 24.2 Å². The van der Waals surface area contributed by atoms with Crippen molar-refractivity contribution >= 4 is 11.9 Å². The number of amides is 1. The number of ether oxygens (including phenoxy) is 2. The summed E-state index contributed by atoms with van der Waals surface area (Å²) in [4.78, 5) is 25.5. The molecule has 8 heteroatoms. The summed E-state index contributed by atoms with van der Waals surface area (Å²) in [6.07, 6.45) is 3.17. The Kier molecular flexibility index (Phi) is 6.47. The van der Waals surface area contributed by atoms with Gasteiger partial charge in [0, 0.05) is 43.7 Å². The fourth-order valence-electron chi connectivity index (χ4n) is 4.80. The Labute approximate surface area is 194 Å². The lowest BCUT2D eigenvalue weighted by Gasteiger charge is -2.36. The van der Waals surface area contributed by atoms with Crippen molar-refractivity contribution in [3.63, 3.8) is 0 Å². The summed E-state index contributed by atoms with van der Waals surface area (Å²) >= 11 is 0. The lowest BCUT2D eigenvalue weighted by atomic mass is 9.74. The third kappa shape index (κ3) is 4.90. The summed E-state index contributed by atoms with van der Waals surface area (Å²) < 4.78 is 12.9. The van der Waals surface area contributed by atoms with Crippen LogP contribution in [0.2, 0.25) is 0 Å². The molecule has 2 aliphatic heterocycles. The summed E-state index contributed by atoms with van der Waals surface area (Å²) in [6.45, 7) is 8.85. The Balaban J connectivity index is 1.56. The van der Waals surface area contributed by atoms with Gasteiger partial charge in [-0.3, -0.25) is 9.48 Å². The fraction of sp³-hybridized carbons (Fsp3) is 0.560. The van der Waals surface area contributed by atoms with Gasteiger partial charge in [0.25, 0.3) is 5.91 Å². The van der Waals surface area contributed by atoms with Crippen molar-refractivity contribution in [2.75, 3.05) is 26.4 Å². The average molecular weight is 456 g/mol. The zero-order chi connectivity index (χ0) is 23.6. The highest BCUT2D eigenvalue weighted by Gasteiger charge is 2.40. The molecule has 0 atom stereocenters. The van der Waals surface area contributed by atoms with Crippen LogP contribution in [0.1, 0.15) is 65.7 Å². The zero-order valence-corrected chi connectivity index (χ0v) is 19.6. The second-order valence-corrected chi connectivity index (χ2v) is 10.00. The quantitative estimate of drug-likeness (QED) is 0.649. The molecular formula is C25H33N3O5. The zero-order valence-electron chi connectivity index (χ0n) is 19.6. The van der Waals surface area contributed by atoms with Crippen LogP contribution in [-0.4, -0.2) is 53.1 Å². The van der Waals surface area contributed by atoms with Crippen LogP contribution in [0.3, 0.4) is 0 Å². The summed E-state index contributed by atoms with van der Waals surface area (Å²) in [6, 6.07) is 6.35. The Hall–Kier alpha value is -2.87. The van der Waals surface area contributed by atoms with Crippen LogP contribution in [0.5, 0.6) is 5.75 Å². The van der Waals surface area contributed by atoms with E-state index in [2.05, 4.69) is 5.32 Å². The molecule has 2 N–H and O–H groups in total. The molecule has 1 fully saturated rings. The van der Waals surface area contributed by atoms with E-state index < -0.39 is 11.4 Å². The molecule has 33 heavy (non-hydrogen) atoms. The standard InChI is InChI=1S/C25H33N3O5/c1-4-28-21-18(13-25(15-26-22(21)30)9-11-32-12-10-25)19(27-28)14-24(2,3)16-33-23(31)17-7-5-6-8-20(17)29/h5-8,29H,4,9-16H2,1-3H3,(H,26,30). The number of phenolic OH excluding ortho intramolecular Hbond substituents is 1. The van der Waals surface area contributed by atoms with Gasteiger partial charge >= 0.3 is 5.97 Å². The first-order chi connectivity index (χ1) is 15.7. The van der Waals surface area contributed by atoms with Crippen molar-refractivity contribution in [2.24, 2.45) is 10.8 Å². The fourth-order valence-corrected chi connectivity index (χ4v) is 4.80. The number of esters is 1. The number of aryl methyl sites for hydroxylation is 1. The number of hydrogen-bond donors (Lipinski definition) is 2. The molecule has 1 aromatic heterocycles. The van der Waals surface area contributed by atoms with Crippen LogP contribution in [-0.2, 0) is 28.9 Å². The minimum atomic E-state index is -0.556. The number of phenols is 1. The number of carbonyl (C=O) groups is 2. The number of nitrogens with zero attached hydrogens (tertiary/aromatic N) is 2. The maximum Gasteiger partial charge on any atom is 0.341 e. The Morgan fingerprint density at radius 2 is 2.03 bits per heavy atom. The summed E-state index contributed by atoms with van der Waals surface area (Å²) in [5.41, 5.74) is 2.27. The van der Waals surface area contributed by atoms with E-state index in [9.17, 15) is 14.7 Å². The molecule has 2 aromatic rings. The van der Waals surface area contributed by atoms with E-state index >= 15 is 0 Å². The van der Waals surface area contributed by atoms with E-state index in [1.165, 1.54) is 6.07 Å². The molecular weight excluding hydrogens is 422 g/mol. The van der Waals surface area contributed by atoms with Gasteiger partial charge < -0.3 is 19.9 Å². The topological polar surface area (TPSA) is 103 Å². The molecule has 1 amide bonds. The van der Waals surface area contributed by atoms with Crippen molar-refractivity contribution in [3.05, 3.63) is 46.8 Å². The highest BCUT2D eigenvalue weighted by molar-refractivity contribution is 5.95. The van der Waals surface area contributed by atoms with E-state index in [0.29, 0.717) is 38.4 Å². The predicted octanol–water partition coefficient (Wildman–Crippen LogP) is 3.12. The smallest absolute Gasteiger partial charge is 0.341 e. The summed E-state index contributed by atoms with van der Waals surface area (Å²) in [5.74, 6) is -0.725. The first kappa shape index (κ1) is 23.3. The lowest BCUT2D eigenvalue weighted by molar-refractivity contribution is 0.0159. The number of aromatic nitrogens is 2. The average Bonchev–Trinajstić information content (AvgIpc) is 3.05. The van der Waals surface area contributed by atoms with E-state index in [1.54, 1.807) is 22.9 Å². The SMILES string of the molecule is CCn1nc(CC(C)(C)COC(=O)c2ccccc2O)c2c1C(=O)NCC1(CCOCC1)C2. The molecule has 0 radical (unpaired) electrons. The van der Waals surface area contributed by atoms with E-state index in [-0.39, 0.29) is 29.2 Å². The van der Waals surface area contributed by atoms with Crippen LogP contribution < -0.4 is 5.32 Å². The predicted molar refractivity (Wildman–Crippen MR) is 122 cm³/mol. The second kappa shape index (κ2) is 9.17. The minimum absolute atomic E-state index is 0.0169. The molecule has 0 saturated carbocycles. The molecule has 0 aliphatic carbocycles. The molecule has 1 saturated heterocycles. The van der Waals surface area contributed by atoms with Crippen molar-refractivity contribution in [3.8, 4) is 5.75 Å². The van der Waals surface area contributed by atoms with Gasteiger partial charge in [0.15, 0.2) is 0 Å². The van der Waals surface area contributed by atoms with Crippen LogP contribution in [0.4, 0.5) is 0 Å². The number of hydrogen-bond acceptors (Lipinski definition) is 6. The Bertz CT molecular complexity index is 1040. The summed E-state index contributed by atoms with van der Waals surface area (Å²) in [7, 11) is 0. The first-order valence-corrected chi connectivity index (χ1v) is 11.6. The first-order valence-electron chi connectivity index (χ1n) is 11.6.